The number of sulfonamides is 1. The van der Waals surface area contributed by atoms with E-state index < -0.39 is 10.0 Å². The van der Waals surface area contributed by atoms with Crippen molar-refractivity contribution in [2.75, 3.05) is 45.1 Å². The molecule has 3 rings (SSSR count). The minimum absolute atomic E-state index is 0.134. The number of rotatable bonds is 5. The van der Waals surface area contributed by atoms with Crippen molar-refractivity contribution in [2.24, 2.45) is 11.8 Å². The van der Waals surface area contributed by atoms with E-state index in [-0.39, 0.29) is 11.9 Å². The Kier molecular flexibility index (Phi) is 4.36. The van der Waals surface area contributed by atoms with Crippen LogP contribution in [0.4, 0.5) is 0 Å². The Balaban J connectivity index is 1.60. The second kappa shape index (κ2) is 5.91. The molecule has 3 aliphatic rings. The summed E-state index contributed by atoms with van der Waals surface area (Å²) < 4.78 is 31.9. The molecule has 0 aliphatic carbocycles. The maximum atomic E-state index is 12.2. The Morgan fingerprint density at radius 1 is 1.20 bits per heavy atom. The lowest BCUT2D eigenvalue weighted by molar-refractivity contribution is 0.101. The van der Waals surface area contributed by atoms with Gasteiger partial charge < -0.3 is 9.64 Å². The van der Waals surface area contributed by atoms with Gasteiger partial charge in [0.2, 0.25) is 10.0 Å². The van der Waals surface area contributed by atoms with E-state index in [2.05, 4.69) is 4.90 Å². The first-order valence-corrected chi connectivity index (χ1v) is 9.53. The number of fused-ring (bicyclic) bond motifs is 1. The van der Waals surface area contributed by atoms with E-state index in [9.17, 15) is 8.42 Å². The predicted octanol–water partition coefficient (Wildman–Crippen LogP) is 0.769. The molecule has 5 nitrogen and oxygen atoms in total. The highest BCUT2D eigenvalue weighted by atomic mass is 32.2. The number of ether oxygens (including phenoxy) is 1. The zero-order valence-electron chi connectivity index (χ0n) is 12.3. The van der Waals surface area contributed by atoms with E-state index >= 15 is 0 Å². The van der Waals surface area contributed by atoms with Crippen LogP contribution in [0.1, 0.15) is 26.2 Å². The largest absolute Gasteiger partial charge is 0.376 e. The molecule has 3 saturated heterocycles. The maximum absolute atomic E-state index is 12.2. The normalized spacial score (nSPS) is 35.8. The van der Waals surface area contributed by atoms with Crippen LogP contribution in [0.25, 0.3) is 0 Å². The van der Waals surface area contributed by atoms with Crippen molar-refractivity contribution in [3.8, 4) is 0 Å². The van der Waals surface area contributed by atoms with Gasteiger partial charge in [0.15, 0.2) is 0 Å². The zero-order chi connectivity index (χ0) is 14.2. The fourth-order valence-electron chi connectivity index (χ4n) is 3.86. The van der Waals surface area contributed by atoms with Crippen LogP contribution < -0.4 is 0 Å². The molecule has 116 valence electrons. The van der Waals surface area contributed by atoms with Gasteiger partial charge in [0.05, 0.1) is 18.5 Å². The van der Waals surface area contributed by atoms with Crippen LogP contribution in [0.5, 0.6) is 0 Å². The molecule has 3 aliphatic heterocycles. The second-order valence-corrected chi connectivity index (χ2v) is 8.52. The molecule has 0 aromatic carbocycles. The van der Waals surface area contributed by atoms with Gasteiger partial charge in [-0.15, -0.1) is 0 Å². The van der Waals surface area contributed by atoms with Gasteiger partial charge in [-0.05, 0) is 32.4 Å². The van der Waals surface area contributed by atoms with Gasteiger partial charge >= 0.3 is 0 Å². The van der Waals surface area contributed by atoms with Crippen molar-refractivity contribution in [3.05, 3.63) is 0 Å². The third kappa shape index (κ3) is 2.89. The summed E-state index contributed by atoms with van der Waals surface area (Å²) in [5, 5.41) is 0. The Bertz CT molecular complexity index is 434. The summed E-state index contributed by atoms with van der Waals surface area (Å²) in [7, 11) is -3.06. The predicted molar refractivity (Wildman–Crippen MR) is 78.0 cm³/mol. The minimum Gasteiger partial charge on any atom is -0.376 e. The maximum Gasteiger partial charge on any atom is 0.214 e. The summed E-state index contributed by atoms with van der Waals surface area (Å²) in [5.41, 5.74) is 0. The van der Waals surface area contributed by atoms with E-state index in [0.717, 1.165) is 13.2 Å². The second-order valence-electron chi connectivity index (χ2n) is 6.44. The highest BCUT2D eigenvalue weighted by Gasteiger charge is 2.47. The third-order valence-electron chi connectivity index (χ3n) is 4.95. The summed E-state index contributed by atoms with van der Waals surface area (Å²) in [6.45, 7) is 7.46. The van der Waals surface area contributed by atoms with E-state index in [1.807, 2.05) is 6.92 Å². The first-order chi connectivity index (χ1) is 9.60. The minimum atomic E-state index is -3.06. The van der Waals surface area contributed by atoms with Crippen molar-refractivity contribution >= 4 is 10.0 Å². The van der Waals surface area contributed by atoms with Crippen molar-refractivity contribution in [2.45, 2.75) is 32.3 Å². The number of likely N-dealkylation sites (tertiary alicyclic amines) is 1. The van der Waals surface area contributed by atoms with Gasteiger partial charge in [-0.1, -0.05) is 6.92 Å². The molecule has 0 saturated carbocycles. The van der Waals surface area contributed by atoms with E-state index in [1.165, 1.54) is 25.9 Å². The molecule has 6 heteroatoms. The van der Waals surface area contributed by atoms with Crippen LogP contribution in [-0.4, -0.2) is 68.8 Å². The molecule has 0 amide bonds. The average Bonchev–Trinajstić information content (AvgIpc) is 3.08. The number of hydrogen-bond donors (Lipinski definition) is 0. The van der Waals surface area contributed by atoms with Crippen LogP contribution in [0.3, 0.4) is 0 Å². The summed E-state index contributed by atoms with van der Waals surface area (Å²) in [6.07, 6.45) is 3.43. The molecule has 0 unspecified atom stereocenters. The molecule has 20 heavy (non-hydrogen) atoms. The van der Waals surface area contributed by atoms with Crippen LogP contribution >= 0.6 is 0 Å². The summed E-state index contributed by atoms with van der Waals surface area (Å²) in [6, 6.07) is 0. The average molecular weight is 302 g/mol. The van der Waals surface area contributed by atoms with E-state index in [0.29, 0.717) is 31.3 Å². The molecule has 3 heterocycles. The molecule has 3 atom stereocenters. The van der Waals surface area contributed by atoms with E-state index in [1.54, 1.807) is 4.31 Å². The van der Waals surface area contributed by atoms with Gasteiger partial charge in [-0.3, -0.25) is 0 Å². The SMILES string of the molecule is CCCS(=O)(=O)N1C[C@@H]2[C@@H](CN3CCCC3)CO[C@@H]2C1. The van der Waals surface area contributed by atoms with Gasteiger partial charge in [-0.2, -0.15) is 4.31 Å². The Labute approximate surface area is 122 Å². The topological polar surface area (TPSA) is 49.9 Å². The molecule has 0 spiro atoms. The molecular weight excluding hydrogens is 276 g/mol. The van der Waals surface area contributed by atoms with Gasteiger partial charge in [0, 0.05) is 31.5 Å². The highest BCUT2D eigenvalue weighted by Crippen LogP contribution is 2.35. The van der Waals surface area contributed by atoms with Crippen LogP contribution in [0, 0.1) is 11.8 Å². The van der Waals surface area contributed by atoms with E-state index in [4.69, 9.17) is 4.74 Å². The molecule has 0 aromatic heterocycles. The molecule has 0 radical (unpaired) electrons. The quantitative estimate of drug-likeness (QED) is 0.753. The highest BCUT2D eigenvalue weighted by molar-refractivity contribution is 7.89. The third-order valence-corrected chi connectivity index (χ3v) is 6.96. The van der Waals surface area contributed by atoms with Crippen LogP contribution in [0.15, 0.2) is 0 Å². The fraction of sp³-hybridized carbons (Fsp3) is 1.00. The molecule has 0 N–H and O–H groups in total. The van der Waals surface area contributed by atoms with Gasteiger partial charge in [0.25, 0.3) is 0 Å². The Hall–Kier alpha value is -0.170. The Morgan fingerprint density at radius 3 is 2.65 bits per heavy atom. The van der Waals surface area contributed by atoms with Crippen molar-refractivity contribution in [1.29, 1.82) is 0 Å². The zero-order valence-corrected chi connectivity index (χ0v) is 13.1. The lowest BCUT2D eigenvalue weighted by atomic mass is 9.93. The van der Waals surface area contributed by atoms with Crippen LogP contribution in [0.2, 0.25) is 0 Å². The molecule has 0 bridgehead atoms. The number of nitrogens with zero attached hydrogens (tertiary/aromatic N) is 2. The lowest BCUT2D eigenvalue weighted by Gasteiger charge is -2.23. The summed E-state index contributed by atoms with van der Waals surface area (Å²) in [4.78, 5) is 2.51. The smallest absolute Gasteiger partial charge is 0.214 e. The molecule has 3 fully saturated rings. The standard InChI is InChI=1S/C14H26N2O3S/c1-2-7-20(17,18)16-9-13-12(11-19-14(13)10-16)8-15-5-3-4-6-15/h12-14H,2-11H2,1H3/t12-,13+,14+/m0/s1. The first kappa shape index (κ1) is 14.8. The molecule has 0 aromatic rings. The van der Waals surface area contributed by atoms with Crippen LogP contribution in [-0.2, 0) is 14.8 Å². The van der Waals surface area contributed by atoms with Gasteiger partial charge in [0.1, 0.15) is 0 Å². The van der Waals surface area contributed by atoms with Crippen molar-refractivity contribution < 1.29 is 13.2 Å². The lowest BCUT2D eigenvalue weighted by Crippen LogP contribution is -2.35. The van der Waals surface area contributed by atoms with Gasteiger partial charge in [-0.25, -0.2) is 8.42 Å². The van der Waals surface area contributed by atoms with Crippen molar-refractivity contribution in [1.82, 2.24) is 9.21 Å². The Morgan fingerprint density at radius 2 is 1.95 bits per heavy atom. The van der Waals surface area contributed by atoms with Crippen molar-refractivity contribution in [3.63, 3.8) is 0 Å². The summed E-state index contributed by atoms with van der Waals surface area (Å²) in [5.74, 6) is 1.19. The number of hydrogen-bond acceptors (Lipinski definition) is 4. The monoisotopic (exact) mass is 302 g/mol. The fourth-order valence-corrected chi connectivity index (χ4v) is 5.41. The summed E-state index contributed by atoms with van der Waals surface area (Å²) >= 11 is 0. The first-order valence-electron chi connectivity index (χ1n) is 7.92. The molecular formula is C14H26N2O3S.